The Labute approximate surface area is 74.7 Å². The molecule has 3 aliphatic rings. The van der Waals surface area contributed by atoms with Crippen LogP contribution in [0.25, 0.3) is 0 Å². The third-order valence-electron chi connectivity index (χ3n) is 4.78. The number of hydrogen-bond acceptors (Lipinski definition) is 1. The first kappa shape index (κ1) is 7.37. The molecule has 0 aromatic heterocycles. The summed E-state index contributed by atoms with van der Waals surface area (Å²) in [5.74, 6) is 3.07. The molecular weight excluding hydrogens is 146 g/mol. The first-order valence-electron chi connectivity index (χ1n) is 5.43. The van der Waals surface area contributed by atoms with Crippen LogP contribution in [0.5, 0.6) is 0 Å². The highest BCUT2D eigenvalue weighted by atomic mass is 14.7. The van der Waals surface area contributed by atoms with Gasteiger partial charge in [-0.3, -0.25) is 0 Å². The zero-order chi connectivity index (χ0) is 8.34. The van der Waals surface area contributed by atoms with Gasteiger partial charge in [0.05, 0.1) is 0 Å². The van der Waals surface area contributed by atoms with E-state index in [1.54, 1.807) is 0 Å². The maximum Gasteiger partial charge on any atom is 0.00442 e. The summed E-state index contributed by atoms with van der Waals surface area (Å²) in [6, 6.07) is 0.537. The molecule has 0 aliphatic heterocycles. The van der Waals surface area contributed by atoms with Gasteiger partial charge in [-0.15, -0.1) is 0 Å². The monoisotopic (exact) mass is 165 g/mol. The van der Waals surface area contributed by atoms with E-state index in [4.69, 9.17) is 5.73 Å². The van der Waals surface area contributed by atoms with Gasteiger partial charge in [0, 0.05) is 6.04 Å². The summed E-state index contributed by atoms with van der Waals surface area (Å²) < 4.78 is 0. The lowest BCUT2D eigenvalue weighted by Crippen LogP contribution is -2.45. The van der Waals surface area contributed by atoms with Crippen molar-refractivity contribution in [2.45, 2.75) is 45.1 Å². The fourth-order valence-electron chi connectivity index (χ4n) is 4.46. The van der Waals surface area contributed by atoms with Crippen LogP contribution < -0.4 is 5.73 Å². The van der Waals surface area contributed by atoms with E-state index in [1.165, 1.54) is 32.1 Å². The molecule has 1 heteroatoms. The Hall–Kier alpha value is -0.0400. The summed E-state index contributed by atoms with van der Waals surface area (Å²) in [5.41, 5.74) is 6.84. The Balaban J connectivity index is 1.88. The van der Waals surface area contributed by atoms with Crippen LogP contribution in [0.15, 0.2) is 0 Å². The molecule has 2 bridgehead atoms. The maximum atomic E-state index is 6.08. The Morgan fingerprint density at radius 1 is 1.17 bits per heavy atom. The van der Waals surface area contributed by atoms with Gasteiger partial charge in [0.1, 0.15) is 0 Å². The molecule has 0 aromatic rings. The summed E-state index contributed by atoms with van der Waals surface area (Å²) in [6.45, 7) is 2.50. The van der Waals surface area contributed by atoms with Crippen molar-refractivity contribution in [3.8, 4) is 0 Å². The molecule has 0 heterocycles. The quantitative estimate of drug-likeness (QED) is 0.585. The van der Waals surface area contributed by atoms with Gasteiger partial charge in [0.15, 0.2) is 0 Å². The van der Waals surface area contributed by atoms with E-state index >= 15 is 0 Å². The molecule has 3 rings (SSSR count). The molecule has 12 heavy (non-hydrogen) atoms. The molecule has 2 N–H and O–H groups in total. The first-order chi connectivity index (χ1) is 5.67. The van der Waals surface area contributed by atoms with Crippen LogP contribution in [0.2, 0.25) is 0 Å². The number of rotatable bonds is 0. The van der Waals surface area contributed by atoms with Crippen LogP contribution in [0, 0.1) is 23.2 Å². The van der Waals surface area contributed by atoms with Crippen molar-refractivity contribution in [2.24, 2.45) is 28.9 Å². The molecule has 3 fully saturated rings. The molecule has 0 spiro atoms. The second-order valence-corrected chi connectivity index (χ2v) is 5.76. The smallest absolute Gasteiger partial charge is 0.00442 e. The van der Waals surface area contributed by atoms with Crippen molar-refractivity contribution in [2.75, 3.05) is 0 Å². The van der Waals surface area contributed by atoms with Gasteiger partial charge in [-0.25, -0.2) is 0 Å². The summed E-state index contributed by atoms with van der Waals surface area (Å²) in [5, 5.41) is 0. The van der Waals surface area contributed by atoms with Crippen molar-refractivity contribution < 1.29 is 0 Å². The molecule has 68 valence electrons. The zero-order valence-electron chi connectivity index (χ0n) is 7.92. The topological polar surface area (TPSA) is 26.0 Å². The molecule has 0 aromatic carbocycles. The number of nitrogens with two attached hydrogens (primary N) is 1. The summed E-state index contributed by atoms with van der Waals surface area (Å²) in [4.78, 5) is 0. The van der Waals surface area contributed by atoms with E-state index in [1.807, 2.05) is 0 Å². The van der Waals surface area contributed by atoms with E-state index in [9.17, 15) is 0 Å². The van der Waals surface area contributed by atoms with Crippen LogP contribution in [-0.2, 0) is 0 Å². The van der Waals surface area contributed by atoms with Crippen LogP contribution in [0.3, 0.4) is 0 Å². The lowest BCUT2D eigenvalue weighted by atomic mass is 9.54. The minimum Gasteiger partial charge on any atom is -0.328 e. The third kappa shape index (κ3) is 0.783. The molecular formula is C11H19N. The molecule has 1 unspecified atom stereocenters. The van der Waals surface area contributed by atoms with Crippen LogP contribution in [0.1, 0.15) is 39.0 Å². The van der Waals surface area contributed by atoms with Crippen molar-refractivity contribution in [3.05, 3.63) is 0 Å². The van der Waals surface area contributed by atoms with Crippen molar-refractivity contribution >= 4 is 0 Å². The lowest BCUT2D eigenvalue weighted by molar-refractivity contribution is -0.00905. The van der Waals surface area contributed by atoms with E-state index in [0.717, 1.165) is 23.2 Å². The van der Waals surface area contributed by atoms with Crippen LogP contribution in [-0.4, -0.2) is 6.04 Å². The minimum absolute atomic E-state index is 0.537. The highest BCUT2D eigenvalue weighted by Gasteiger charge is 2.57. The van der Waals surface area contributed by atoms with Gasteiger partial charge in [-0.2, -0.15) is 0 Å². The molecule has 5 atom stereocenters. The largest absolute Gasteiger partial charge is 0.328 e. The van der Waals surface area contributed by atoms with Gasteiger partial charge < -0.3 is 5.73 Å². The predicted octanol–water partition coefficient (Wildman–Crippen LogP) is 2.16. The SMILES string of the molecule is C[C@@]12C[C@@H]3CC1[C@@H](C[C@H](N)C3)C2. The van der Waals surface area contributed by atoms with Gasteiger partial charge in [-0.05, 0) is 55.3 Å². The summed E-state index contributed by atoms with van der Waals surface area (Å²) in [6.07, 6.45) is 7.14. The van der Waals surface area contributed by atoms with E-state index in [-0.39, 0.29) is 0 Å². The standard InChI is InChI=1S/C11H19N/c1-11-5-7-2-9(12)4-8(6-11)10(11)3-7/h7-10H,2-6,12H2,1H3/t7-,8-,9+,10?,11-/m0/s1. The van der Waals surface area contributed by atoms with Gasteiger partial charge in [-0.1, -0.05) is 6.92 Å². The molecule has 0 radical (unpaired) electrons. The summed E-state index contributed by atoms with van der Waals surface area (Å²) in [7, 11) is 0. The van der Waals surface area contributed by atoms with E-state index in [0.29, 0.717) is 6.04 Å². The van der Waals surface area contributed by atoms with Crippen molar-refractivity contribution in [1.29, 1.82) is 0 Å². The van der Waals surface area contributed by atoms with Gasteiger partial charge in [0.25, 0.3) is 0 Å². The normalized spacial score (nSPS) is 62.5. The average molecular weight is 165 g/mol. The fourth-order valence-corrected chi connectivity index (χ4v) is 4.46. The van der Waals surface area contributed by atoms with E-state index in [2.05, 4.69) is 6.92 Å². The zero-order valence-corrected chi connectivity index (χ0v) is 7.92. The van der Waals surface area contributed by atoms with Crippen molar-refractivity contribution in [3.63, 3.8) is 0 Å². The second-order valence-electron chi connectivity index (χ2n) is 5.76. The Bertz CT molecular complexity index is 207. The Kier molecular flexibility index (Phi) is 1.27. The third-order valence-corrected chi connectivity index (χ3v) is 4.78. The average Bonchev–Trinajstić information content (AvgIpc) is 2.09. The fraction of sp³-hybridized carbons (Fsp3) is 1.00. The number of fused-ring (bicyclic) bond motifs is 1. The second kappa shape index (κ2) is 2.06. The highest BCUT2D eigenvalue weighted by molar-refractivity contribution is 5.08. The van der Waals surface area contributed by atoms with Gasteiger partial charge >= 0.3 is 0 Å². The van der Waals surface area contributed by atoms with Crippen LogP contribution >= 0.6 is 0 Å². The molecule has 1 nitrogen and oxygen atoms in total. The maximum absolute atomic E-state index is 6.08. The first-order valence-corrected chi connectivity index (χ1v) is 5.43. The summed E-state index contributed by atoms with van der Waals surface area (Å²) >= 11 is 0. The minimum atomic E-state index is 0.537. The lowest BCUT2D eigenvalue weighted by Gasteiger charge is -2.51. The van der Waals surface area contributed by atoms with Gasteiger partial charge in [0.2, 0.25) is 0 Å². The number of hydrogen-bond donors (Lipinski definition) is 1. The van der Waals surface area contributed by atoms with Crippen LogP contribution in [0.4, 0.5) is 0 Å². The Morgan fingerprint density at radius 2 is 2.00 bits per heavy atom. The molecule has 3 aliphatic carbocycles. The highest BCUT2D eigenvalue weighted by Crippen LogP contribution is 2.65. The van der Waals surface area contributed by atoms with Crippen molar-refractivity contribution in [1.82, 2.24) is 0 Å². The molecule has 0 saturated heterocycles. The molecule has 0 amide bonds. The Morgan fingerprint density at radius 3 is 2.83 bits per heavy atom. The predicted molar refractivity (Wildman–Crippen MR) is 49.6 cm³/mol. The molecule has 3 saturated carbocycles. The van der Waals surface area contributed by atoms with E-state index < -0.39 is 0 Å².